The van der Waals surface area contributed by atoms with Gasteiger partial charge in [-0.1, -0.05) is 36.4 Å². The molecule has 1 aliphatic rings. The molecule has 1 aromatic rings. The van der Waals surface area contributed by atoms with Gasteiger partial charge < -0.3 is 14.2 Å². The summed E-state index contributed by atoms with van der Waals surface area (Å²) in [6.45, 7) is 8.79. The molecule has 0 radical (unpaired) electrons. The second kappa shape index (κ2) is 6.33. The van der Waals surface area contributed by atoms with Crippen LogP contribution in [0.5, 0.6) is 0 Å². The van der Waals surface area contributed by atoms with E-state index in [2.05, 4.69) is 18.7 Å². The van der Waals surface area contributed by atoms with Crippen molar-refractivity contribution in [1.29, 1.82) is 0 Å². The van der Waals surface area contributed by atoms with E-state index in [1.54, 1.807) is 0 Å². The van der Waals surface area contributed by atoms with E-state index in [1.165, 1.54) is 0 Å². The normalized spacial score (nSPS) is 23.2. The average molecular weight is 262 g/mol. The van der Waals surface area contributed by atoms with Crippen LogP contribution in [0.3, 0.4) is 0 Å². The Labute approximate surface area is 115 Å². The van der Waals surface area contributed by atoms with Crippen LogP contribution in [0.1, 0.15) is 25.8 Å². The molecule has 0 spiro atoms. The lowest BCUT2D eigenvalue weighted by molar-refractivity contribution is -0.157. The zero-order valence-corrected chi connectivity index (χ0v) is 11.7. The summed E-state index contributed by atoms with van der Waals surface area (Å²) in [5.41, 5.74) is 1.16. The van der Waals surface area contributed by atoms with Gasteiger partial charge in [0.1, 0.15) is 6.10 Å². The molecular weight excluding hydrogens is 240 g/mol. The van der Waals surface area contributed by atoms with Crippen LogP contribution in [0.4, 0.5) is 0 Å². The lowest BCUT2D eigenvalue weighted by Gasteiger charge is -2.23. The quantitative estimate of drug-likeness (QED) is 0.736. The largest absolute Gasteiger partial charge is 0.370 e. The highest BCUT2D eigenvalue weighted by atomic mass is 16.7. The molecular formula is C16H22O3. The molecule has 0 unspecified atom stereocenters. The Hall–Kier alpha value is -1.16. The molecule has 0 amide bonds. The van der Waals surface area contributed by atoms with E-state index in [0.717, 1.165) is 12.0 Å². The van der Waals surface area contributed by atoms with Gasteiger partial charge in [-0.2, -0.15) is 0 Å². The van der Waals surface area contributed by atoms with Crippen molar-refractivity contribution < 1.29 is 14.2 Å². The molecule has 0 saturated carbocycles. The first-order valence-electron chi connectivity index (χ1n) is 6.69. The predicted octanol–water partition coefficient (Wildman–Crippen LogP) is 3.30. The van der Waals surface area contributed by atoms with Crippen LogP contribution in [0.2, 0.25) is 0 Å². The van der Waals surface area contributed by atoms with E-state index in [0.29, 0.717) is 13.2 Å². The Morgan fingerprint density at radius 1 is 1.42 bits per heavy atom. The van der Waals surface area contributed by atoms with E-state index in [9.17, 15) is 0 Å². The molecule has 1 aromatic carbocycles. The maximum absolute atomic E-state index is 5.97. The number of hydrogen-bond donors (Lipinski definition) is 0. The highest BCUT2D eigenvalue weighted by Crippen LogP contribution is 2.27. The molecule has 1 saturated heterocycles. The smallest absolute Gasteiger partial charge is 0.163 e. The zero-order chi connectivity index (χ0) is 13.7. The fourth-order valence-electron chi connectivity index (χ4n) is 2.17. The summed E-state index contributed by atoms with van der Waals surface area (Å²) in [5, 5.41) is 0. The molecule has 104 valence electrons. The minimum atomic E-state index is -0.514. The Bertz CT molecular complexity index is 400. The van der Waals surface area contributed by atoms with E-state index in [-0.39, 0.29) is 12.2 Å². The van der Waals surface area contributed by atoms with E-state index in [4.69, 9.17) is 14.2 Å². The third-order valence-corrected chi connectivity index (χ3v) is 3.15. The van der Waals surface area contributed by atoms with Crippen LogP contribution < -0.4 is 0 Å². The monoisotopic (exact) mass is 262 g/mol. The van der Waals surface area contributed by atoms with Crippen LogP contribution in [-0.4, -0.2) is 24.6 Å². The van der Waals surface area contributed by atoms with Crippen LogP contribution in [0.25, 0.3) is 0 Å². The van der Waals surface area contributed by atoms with Crippen LogP contribution in [0.15, 0.2) is 43.0 Å². The van der Waals surface area contributed by atoms with E-state index >= 15 is 0 Å². The fraction of sp³-hybridized carbons (Fsp3) is 0.500. The number of hydrogen-bond acceptors (Lipinski definition) is 3. The first-order valence-corrected chi connectivity index (χ1v) is 6.69. The van der Waals surface area contributed by atoms with Crippen molar-refractivity contribution in [2.45, 2.75) is 44.9 Å². The number of benzene rings is 1. The Kier molecular flexibility index (Phi) is 4.75. The molecule has 2 atom stereocenters. The van der Waals surface area contributed by atoms with Gasteiger partial charge in [0.2, 0.25) is 0 Å². The highest BCUT2D eigenvalue weighted by Gasteiger charge is 2.37. The van der Waals surface area contributed by atoms with Crippen LogP contribution in [0, 0.1) is 0 Å². The summed E-state index contributed by atoms with van der Waals surface area (Å²) < 4.78 is 17.4. The predicted molar refractivity (Wildman–Crippen MR) is 74.7 cm³/mol. The van der Waals surface area contributed by atoms with Gasteiger partial charge in [0.25, 0.3) is 0 Å². The van der Waals surface area contributed by atoms with Crippen molar-refractivity contribution in [3.05, 3.63) is 48.6 Å². The van der Waals surface area contributed by atoms with Gasteiger partial charge in [-0.05, 0) is 25.8 Å². The molecule has 1 fully saturated rings. The summed E-state index contributed by atoms with van der Waals surface area (Å²) in [4.78, 5) is 0. The molecule has 3 heteroatoms. The lowest BCUT2D eigenvalue weighted by atomic mass is 10.1. The molecule has 0 aliphatic carbocycles. The van der Waals surface area contributed by atoms with Crippen molar-refractivity contribution in [3.63, 3.8) is 0 Å². The summed E-state index contributed by atoms with van der Waals surface area (Å²) in [7, 11) is 0. The third-order valence-electron chi connectivity index (χ3n) is 3.15. The topological polar surface area (TPSA) is 27.7 Å². The maximum atomic E-state index is 5.97. The minimum absolute atomic E-state index is 0.0144. The standard InChI is InChI=1S/C16H22O3/c1-4-8-14(15-12-18-16(2,3)19-15)17-11-13-9-6-5-7-10-13/h4-7,9-10,14-15H,1,8,11-12H2,2-3H3/t14-,15-/m1/s1. The van der Waals surface area contributed by atoms with Gasteiger partial charge in [0.05, 0.1) is 19.3 Å². The summed E-state index contributed by atoms with van der Waals surface area (Å²) >= 11 is 0. The van der Waals surface area contributed by atoms with Gasteiger partial charge in [-0.25, -0.2) is 0 Å². The molecule has 19 heavy (non-hydrogen) atoms. The molecule has 0 N–H and O–H groups in total. The fourth-order valence-corrected chi connectivity index (χ4v) is 2.17. The zero-order valence-electron chi connectivity index (χ0n) is 11.7. The van der Waals surface area contributed by atoms with Crippen molar-refractivity contribution in [3.8, 4) is 0 Å². The molecule has 0 aromatic heterocycles. The molecule has 0 bridgehead atoms. The summed E-state index contributed by atoms with van der Waals surface area (Å²) in [6.07, 6.45) is 2.58. The Balaban J connectivity index is 1.91. The minimum Gasteiger partial charge on any atom is -0.370 e. The van der Waals surface area contributed by atoms with Gasteiger partial charge in [0.15, 0.2) is 5.79 Å². The summed E-state index contributed by atoms with van der Waals surface area (Å²) in [6, 6.07) is 10.1. The maximum Gasteiger partial charge on any atom is 0.163 e. The first kappa shape index (κ1) is 14.3. The van der Waals surface area contributed by atoms with Crippen LogP contribution in [-0.2, 0) is 20.8 Å². The van der Waals surface area contributed by atoms with Crippen molar-refractivity contribution in [2.24, 2.45) is 0 Å². The second-order valence-electron chi connectivity index (χ2n) is 5.23. The highest BCUT2D eigenvalue weighted by molar-refractivity contribution is 5.13. The Morgan fingerprint density at radius 3 is 2.74 bits per heavy atom. The average Bonchev–Trinajstić information content (AvgIpc) is 2.76. The molecule has 1 heterocycles. The number of ether oxygens (including phenoxy) is 3. The Morgan fingerprint density at radius 2 is 2.16 bits per heavy atom. The molecule has 1 aliphatic heterocycles. The molecule has 3 nitrogen and oxygen atoms in total. The van der Waals surface area contributed by atoms with Gasteiger partial charge in [0, 0.05) is 0 Å². The van der Waals surface area contributed by atoms with Gasteiger partial charge in [-0.3, -0.25) is 0 Å². The lowest BCUT2D eigenvalue weighted by Crippen LogP contribution is -2.32. The first-order chi connectivity index (χ1) is 9.11. The van der Waals surface area contributed by atoms with Crippen molar-refractivity contribution in [2.75, 3.05) is 6.61 Å². The SMILES string of the molecule is C=CC[C@@H](OCc1ccccc1)[C@H]1COC(C)(C)O1. The van der Waals surface area contributed by atoms with Gasteiger partial charge >= 0.3 is 0 Å². The summed E-state index contributed by atoms with van der Waals surface area (Å²) in [5.74, 6) is -0.514. The molecule has 2 rings (SSSR count). The van der Waals surface area contributed by atoms with E-state index in [1.807, 2.05) is 38.1 Å². The van der Waals surface area contributed by atoms with Gasteiger partial charge in [-0.15, -0.1) is 6.58 Å². The van der Waals surface area contributed by atoms with Crippen LogP contribution >= 0.6 is 0 Å². The van der Waals surface area contributed by atoms with Crippen molar-refractivity contribution >= 4 is 0 Å². The second-order valence-corrected chi connectivity index (χ2v) is 5.23. The number of rotatable bonds is 6. The van der Waals surface area contributed by atoms with Crippen molar-refractivity contribution in [1.82, 2.24) is 0 Å². The third kappa shape index (κ3) is 4.16. The van der Waals surface area contributed by atoms with E-state index < -0.39 is 5.79 Å².